The molecule has 3 aromatic rings. The van der Waals surface area contributed by atoms with Crippen LogP contribution >= 0.6 is 0 Å². The van der Waals surface area contributed by atoms with Gasteiger partial charge in [-0.25, -0.2) is 0 Å². The van der Waals surface area contributed by atoms with E-state index in [2.05, 4.69) is 34.8 Å². The Bertz CT molecular complexity index is 976. The van der Waals surface area contributed by atoms with Gasteiger partial charge in [-0.05, 0) is 50.1 Å². The molecule has 0 spiro atoms. The minimum Gasteiger partial charge on any atom is -0.489 e. The summed E-state index contributed by atoms with van der Waals surface area (Å²) < 4.78 is 7.77. The minimum absolute atomic E-state index is 0.219. The minimum atomic E-state index is -0.219. The molecule has 150 valence electrons. The van der Waals surface area contributed by atoms with Gasteiger partial charge in [0.1, 0.15) is 12.4 Å². The predicted octanol–water partition coefficient (Wildman–Crippen LogP) is 3.95. The van der Waals surface area contributed by atoms with Crippen molar-refractivity contribution in [3.8, 4) is 5.75 Å². The van der Waals surface area contributed by atoms with Gasteiger partial charge in [0.25, 0.3) is 5.91 Å². The SMILES string of the molecule is Cc1cccc(COc2cccc(NC(=O)c3ccn(C4CCCNC4)n3)c2)c1. The Labute approximate surface area is 170 Å². The number of aromatic nitrogens is 2. The maximum atomic E-state index is 12.6. The molecule has 0 aliphatic carbocycles. The van der Waals surface area contributed by atoms with Crippen molar-refractivity contribution in [1.82, 2.24) is 15.1 Å². The molecule has 2 heterocycles. The second-order valence-electron chi connectivity index (χ2n) is 7.44. The molecule has 0 saturated carbocycles. The topological polar surface area (TPSA) is 68.2 Å². The molecule has 0 bridgehead atoms. The summed E-state index contributed by atoms with van der Waals surface area (Å²) in [4.78, 5) is 12.6. The van der Waals surface area contributed by atoms with Crippen LogP contribution in [0.2, 0.25) is 0 Å². The van der Waals surface area contributed by atoms with Crippen molar-refractivity contribution < 1.29 is 9.53 Å². The average Bonchev–Trinajstić information content (AvgIpc) is 3.24. The molecular weight excluding hydrogens is 364 g/mol. The van der Waals surface area contributed by atoms with Crippen LogP contribution in [-0.4, -0.2) is 28.8 Å². The number of hydrogen-bond donors (Lipinski definition) is 2. The first-order valence-electron chi connectivity index (χ1n) is 10.0. The van der Waals surface area contributed by atoms with Crippen molar-refractivity contribution in [3.63, 3.8) is 0 Å². The summed E-state index contributed by atoms with van der Waals surface area (Å²) in [6.45, 7) is 4.49. The Morgan fingerprint density at radius 3 is 2.97 bits per heavy atom. The van der Waals surface area contributed by atoms with Crippen molar-refractivity contribution in [1.29, 1.82) is 0 Å². The number of anilines is 1. The summed E-state index contributed by atoms with van der Waals surface area (Å²) in [7, 11) is 0. The molecule has 1 aromatic heterocycles. The number of benzene rings is 2. The van der Waals surface area contributed by atoms with Crippen LogP contribution in [0.3, 0.4) is 0 Å². The van der Waals surface area contributed by atoms with Gasteiger partial charge in [-0.1, -0.05) is 35.9 Å². The van der Waals surface area contributed by atoms with Crippen LogP contribution < -0.4 is 15.4 Å². The third kappa shape index (κ3) is 5.03. The summed E-state index contributed by atoms with van der Waals surface area (Å²) in [5, 5.41) is 10.8. The fourth-order valence-electron chi connectivity index (χ4n) is 3.55. The van der Waals surface area contributed by atoms with Crippen LogP contribution in [0.1, 0.15) is 40.5 Å². The van der Waals surface area contributed by atoms with Gasteiger partial charge in [-0.2, -0.15) is 5.10 Å². The van der Waals surface area contributed by atoms with E-state index in [-0.39, 0.29) is 5.91 Å². The van der Waals surface area contributed by atoms with Gasteiger partial charge < -0.3 is 15.4 Å². The summed E-state index contributed by atoms with van der Waals surface area (Å²) in [5.74, 6) is 0.492. The highest BCUT2D eigenvalue weighted by Gasteiger charge is 2.17. The van der Waals surface area contributed by atoms with Crippen LogP contribution in [0.4, 0.5) is 5.69 Å². The molecule has 29 heavy (non-hydrogen) atoms. The van der Waals surface area contributed by atoms with Gasteiger partial charge in [0.05, 0.1) is 6.04 Å². The fraction of sp³-hybridized carbons (Fsp3) is 0.304. The number of carbonyl (C=O) groups is 1. The monoisotopic (exact) mass is 390 g/mol. The molecule has 6 heteroatoms. The zero-order valence-corrected chi connectivity index (χ0v) is 16.6. The predicted molar refractivity (Wildman–Crippen MR) is 113 cm³/mol. The maximum Gasteiger partial charge on any atom is 0.276 e. The largest absolute Gasteiger partial charge is 0.489 e. The third-order valence-corrected chi connectivity index (χ3v) is 5.07. The van der Waals surface area contributed by atoms with Crippen molar-refractivity contribution in [2.45, 2.75) is 32.4 Å². The quantitative estimate of drug-likeness (QED) is 0.669. The van der Waals surface area contributed by atoms with Gasteiger partial charge in [-0.3, -0.25) is 9.48 Å². The Hall–Kier alpha value is -3.12. The van der Waals surface area contributed by atoms with Crippen molar-refractivity contribution >= 4 is 11.6 Å². The normalized spacial score (nSPS) is 16.4. The first kappa shape index (κ1) is 19.2. The molecule has 1 fully saturated rings. The number of hydrogen-bond acceptors (Lipinski definition) is 4. The number of nitrogens with one attached hydrogen (secondary N) is 2. The van der Waals surface area contributed by atoms with Crippen LogP contribution in [0.25, 0.3) is 0 Å². The standard InChI is InChI=1S/C23H26N4O2/c1-17-5-2-6-18(13-17)16-29-21-9-3-7-19(14-21)25-23(28)22-10-12-27(26-22)20-8-4-11-24-15-20/h2-3,5-7,9-10,12-14,20,24H,4,8,11,15-16H2,1H3,(H,25,28). The molecule has 2 aromatic carbocycles. The maximum absolute atomic E-state index is 12.6. The van der Waals surface area contributed by atoms with Gasteiger partial charge >= 0.3 is 0 Å². The number of ether oxygens (including phenoxy) is 1. The highest BCUT2D eigenvalue weighted by molar-refractivity contribution is 6.02. The molecule has 1 saturated heterocycles. The lowest BCUT2D eigenvalue weighted by molar-refractivity contribution is 0.102. The average molecular weight is 390 g/mol. The summed E-state index contributed by atoms with van der Waals surface area (Å²) >= 11 is 0. The van der Waals surface area contributed by atoms with Crippen LogP contribution in [0.5, 0.6) is 5.75 Å². The first-order valence-corrected chi connectivity index (χ1v) is 10.0. The van der Waals surface area contributed by atoms with Gasteiger partial charge in [0, 0.05) is 24.5 Å². The molecule has 1 amide bonds. The van der Waals surface area contributed by atoms with E-state index >= 15 is 0 Å². The highest BCUT2D eigenvalue weighted by Crippen LogP contribution is 2.20. The lowest BCUT2D eigenvalue weighted by atomic mass is 10.1. The zero-order chi connectivity index (χ0) is 20.1. The smallest absolute Gasteiger partial charge is 0.276 e. The van der Waals surface area contributed by atoms with E-state index in [1.54, 1.807) is 6.07 Å². The second-order valence-corrected chi connectivity index (χ2v) is 7.44. The van der Waals surface area contributed by atoms with Crippen LogP contribution in [0.15, 0.2) is 60.8 Å². The molecule has 1 unspecified atom stereocenters. The molecule has 1 aliphatic heterocycles. The Kier molecular flexibility index (Phi) is 5.91. The molecule has 2 N–H and O–H groups in total. The number of piperidine rings is 1. The third-order valence-electron chi connectivity index (χ3n) is 5.07. The van der Waals surface area contributed by atoms with E-state index in [1.807, 2.05) is 47.3 Å². The Morgan fingerprint density at radius 2 is 2.14 bits per heavy atom. The summed E-state index contributed by atoms with van der Waals surface area (Å²) in [5.41, 5.74) is 3.42. The number of aryl methyl sites for hydroxylation is 1. The molecule has 0 radical (unpaired) electrons. The Morgan fingerprint density at radius 1 is 1.24 bits per heavy atom. The summed E-state index contributed by atoms with van der Waals surface area (Å²) in [6.07, 6.45) is 4.09. The van der Waals surface area contributed by atoms with E-state index in [0.29, 0.717) is 29.8 Å². The number of carbonyl (C=O) groups excluding carboxylic acids is 1. The number of rotatable bonds is 6. The number of amides is 1. The van der Waals surface area contributed by atoms with Gasteiger partial charge in [0.2, 0.25) is 0 Å². The molecule has 1 atom stereocenters. The highest BCUT2D eigenvalue weighted by atomic mass is 16.5. The fourth-order valence-corrected chi connectivity index (χ4v) is 3.55. The number of nitrogens with zero attached hydrogens (tertiary/aromatic N) is 2. The molecule has 6 nitrogen and oxygen atoms in total. The van der Waals surface area contributed by atoms with Gasteiger partial charge in [-0.15, -0.1) is 0 Å². The van der Waals surface area contributed by atoms with Crippen molar-refractivity contribution in [3.05, 3.63) is 77.6 Å². The first-order chi connectivity index (χ1) is 14.2. The van der Waals surface area contributed by atoms with E-state index < -0.39 is 0 Å². The van der Waals surface area contributed by atoms with Crippen molar-refractivity contribution in [2.75, 3.05) is 18.4 Å². The lowest BCUT2D eigenvalue weighted by Gasteiger charge is -2.22. The van der Waals surface area contributed by atoms with Gasteiger partial charge in [0.15, 0.2) is 5.69 Å². The lowest BCUT2D eigenvalue weighted by Crippen LogP contribution is -2.32. The van der Waals surface area contributed by atoms with E-state index in [4.69, 9.17) is 4.74 Å². The Balaban J connectivity index is 1.37. The van der Waals surface area contributed by atoms with E-state index in [1.165, 1.54) is 5.56 Å². The summed E-state index contributed by atoms with van der Waals surface area (Å²) in [6, 6.07) is 17.7. The van der Waals surface area contributed by atoms with Crippen molar-refractivity contribution in [2.24, 2.45) is 0 Å². The van der Waals surface area contributed by atoms with E-state index in [0.717, 1.165) is 31.5 Å². The van der Waals surface area contributed by atoms with E-state index in [9.17, 15) is 4.79 Å². The van der Waals surface area contributed by atoms with Crippen LogP contribution in [-0.2, 0) is 6.61 Å². The molecule has 1 aliphatic rings. The van der Waals surface area contributed by atoms with Crippen LogP contribution in [0, 0.1) is 6.92 Å². The molecule has 4 rings (SSSR count). The molecular formula is C23H26N4O2. The zero-order valence-electron chi connectivity index (χ0n) is 16.6. The second kappa shape index (κ2) is 8.92.